The summed E-state index contributed by atoms with van der Waals surface area (Å²) in [5, 5.41) is 14.1. The van der Waals surface area contributed by atoms with Crippen molar-refractivity contribution in [2.75, 3.05) is 5.32 Å². The lowest BCUT2D eigenvalue weighted by Crippen LogP contribution is -2.20. The van der Waals surface area contributed by atoms with Gasteiger partial charge in [-0.3, -0.25) is 0 Å². The molecule has 2 atom stereocenters. The molecule has 0 amide bonds. The fourth-order valence-corrected chi connectivity index (χ4v) is 2.46. The van der Waals surface area contributed by atoms with E-state index in [1.165, 1.54) is 0 Å². The molecule has 2 aromatic carbocycles. The van der Waals surface area contributed by atoms with Crippen molar-refractivity contribution in [2.45, 2.75) is 12.1 Å². The van der Waals surface area contributed by atoms with E-state index in [1.807, 2.05) is 78.9 Å². The summed E-state index contributed by atoms with van der Waals surface area (Å²) in [6.45, 7) is 0. The number of rotatable bonds is 5. The molecule has 1 heterocycles. The Morgan fingerprint density at radius 1 is 0.727 bits per heavy atom. The largest absolute Gasteiger partial charge is 0.386 e. The second-order valence-electron chi connectivity index (χ2n) is 5.10. The van der Waals surface area contributed by atoms with Gasteiger partial charge in [-0.15, -0.1) is 0 Å². The third-order valence-corrected chi connectivity index (χ3v) is 3.58. The van der Waals surface area contributed by atoms with E-state index in [1.54, 1.807) is 6.20 Å². The quantitative estimate of drug-likeness (QED) is 0.747. The first-order valence-corrected chi connectivity index (χ1v) is 7.30. The maximum Gasteiger partial charge on any atom is 0.126 e. The Morgan fingerprint density at radius 2 is 1.32 bits per heavy atom. The van der Waals surface area contributed by atoms with Crippen molar-refractivity contribution in [3.8, 4) is 0 Å². The summed E-state index contributed by atoms with van der Waals surface area (Å²) in [5.74, 6) is 0.742. The van der Waals surface area contributed by atoms with Crippen LogP contribution in [-0.4, -0.2) is 10.1 Å². The fraction of sp³-hybridized carbons (Fsp3) is 0.105. The van der Waals surface area contributed by atoms with Crippen molar-refractivity contribution >= 4 is 5.82 Å². The molecule has 2 N–H and O–H groups in total. The summed E-state index contributed by atoms with van der Waals surface area (Å²) < 4.78 is 0. The molecule has 110 valence electrons. The molecular weight excluding hydrogens is 272 g/mol. The van der Waals surface area contributed by atoms with E-state index in [9.17, 15) is 5.11 Å². The van der Waals surface area contributed by atoms with E-state index in [-0.39, 0.29) is 6.04 Å². The predicted octanol–water partition coefficient (Wildman–Crippen LogP) is 3.97. The van der Waals surface area contributed by atoms with Crippen LogP contribution < -0.4 is 5.32 Å². The van der Waals surface area contributed by atoms with Crippen LogP contribution >= 0.6 is 0 Å². The molecule has 0 bridgehead atoms. The average Bonchev–Trinajstić information content (AvgIpc) is 2.61. The monoisotopic (exact) mass is 290 g/mol. The number of benzene rings is 2. The van der Waals surface area contributed by atoms with Gasteiger partial charge >= 0.3 is 0 Å². The first-order chi connectivity index (χ1) is 10.8. The van der Waals surface area contributed by atoms with Crippen molar-refractivity contribution in [3.63, 3.8) is 0 Å². The third kappa shape index (κ3) is 3.32. The SMILES string of the molecule is O[C@H](c1ccccc1)[C@@H](Nc1ccccn1)c1ccccc1. The van der Waals surface area contributed by atoms with Crippen LogP contribution in [0.2, 0.25) is 0 Å². The van der Waals surface area contributed by atoms with E-state index >= 15 is 0 Å². The van der Waals surface area contributed by atoms with Crippen molar-refractivity contribution in [1.82, 2.24) is 4.98 Å². The van der Waals surface area contributed by atoms with Gasteiger partial charge in [0.1, 0.15) is 11.9 Å². The topological polar surface area (TPSA) is 45.1 Å². The zero-order valence-electron chi connectivity index (χ0n) is 12.1. The molecule has 3 rings (SSSR count). The van der Waals surface area contributed by atoms with Gasteiger partial charge < -0.3 is 10.4 Å². The normalized spacial score (nSPS) is 13.3. The van der Waals surface area contributed by atoms with Gasteiger partial charge in [-0.05, 0) is 23.3 Å². The fourth-order valence-electron chi connectivity index (χ4n) is 2.46. The molecule has 0 aliphatic carbocycles. The summed E-state index contributed by atoms with van der Waals surface area (Å²) in [5.41, 5.74) is 1.89. The predicted molar refractivity (Wildman–Crippen MR) is 88.4 cm³/mol. The summed E-state index contributed by atoms with van der Waals surface area (Å²) in [6.07, 6.45) is 1.07. The highest BCUT2D eigenvalue weighted by Crippen LogP contribution is 2.31. The van der Waals surface area contributed by atoms with Crippen molar-refractivity contribution in [1.29, 1.82) is 0 Å². The average molecular weight is 290 g/mol. The number of aromatic nitrogens is 1. The van der Waals surface area contributed by atoms with Crippen LogP contribution in [0.3, 0.4) is 0 Å². The van der Waals surface area contributed by atoms with Gasteiger partial charge in [0.15, 0.2) is 0 Å². The first kappa shape index (κ1) is 14.3. The lowest BCUT2D eigenvalue weighted by atomic mass is 9.96. The molecule has 0 spiro atoms. The number of hydrogen-bond donors (Lipinski definition) is 2. The number of anilines is 1. The summed E-state index contributed by atoms with van der Waals surface area (Å²) in [4.78, 5) is 4.30. The van der Waals surface area contributed by atoms with Crippen LogP contribution in [0.4, 0.5) is 5.82 Å². The smallest absolute Gasteiger partial charge is 0.126 e. The Balaban J connectivity index is 1.93. The minimum absolute atomic E-state index is 0.265. The van der Waals surface area contributed by atoms with Crippen molar-refractivity contribution in [3.05, 3.63) is 96.2 Å². The second-order valence-corrected chi connectivity index (χ2v) is 5.10. The molecule has 0 aliphatic heterocycles. The molecular formula is C19H18N2O. The van der Waals surface area contributed by atoms with Crippen LogP contribution in [0, 0.1) is 0 Å². The van der Waals surface area contributed by atoms with Gasteiger partial charge in [0.25, 0.3) is 0 Å². The second kappa shape index (κ2) is 6.87. The summed E-state index contributed by atoms with van der Waals surface area (Å²) >= 11 is 0. The van der Waals surface area contributed by atoms with Crippen LogP contribution in [0.1, 0.15) is 23.3 Å². The Bertz CT molecular complexity index is 686. The number of aliphatic hydroxyl groups excluding tert-OH is 1. The number of nitrogens with zero attached hydrogens (tertiary/aromatic N) is 1. The third-order valence-electron chi connectivity index (χ3n) is 3.58. The molecule has 0 unspecified atom stereocenters. The highest BCUT2D eigenvalue weighted by molar-refractivity contribution is 5.40. The van der Waals surface area contributed by atoms with E-state index in [2.05, 4.69) is 10.3 Å². The van der Waals surface area contributed by atoms with Gasteiger partial charge in [0, 0.05) is 6.20 Å². The Hall–Kier alpha value is -2.65. The Labute approximate surface area is 130 Å². The van der Waals surface area contributed by atoms with Crippen LogP contribution in [0.25, 0.3) is 0 Å². The molecule has 0 saturated heterocycles. The number of aliphatic hydroxyl groups is 1. The standard InChI is InChI=1S/C19H18N2O/c22-19(16-11-5-2-6-12-16)18(15-9-3-1-4-10-15)21-17-13-7-8-14-20-17/h1-14,18-19,22H,(H,20,21)/t18-,19+/m0/s1. The highest BCUT2D eigenvalue weighted by atomic mass is 16.3. The minimum atomic E-state index is -0.661. The number of nitrogens with one attached hydrogen (secondary N) is 1. The zero-order valence-corrected chi connectivity index (χ0v) is 12.1. The lowest BCUT2D eigenvalue weighted by molar-refractivity contribution is 0.154. The van der Waals surface area contributed by atoms with Gasteiger partial charge in [-0.1, -0.05) is 66.7 Å². The van der Waals surface area contributed by atoms with Crippen LogP contribution in [-0.2, 0) is 0 Å². The zero-order chi connectivity index (χ0) is 15.2. The maximum atomic E-state index is 10.8. The van der Waals surface area contributed by atoms with Gasteiger partial charge in [0.05, 0.1) is 6.04 Å². The molecule has 3 nitrogen and oxygen atoms in total. The molecule has 0 fully saturated rings. The number of hydrogen-bond acceptors (Lipinski definition) is 3. The Morgan fingerprint density at radius 3 is 1.91 bits per heavy atom. The summed E-state index contributed by atoms with van der Waals surface area (Å²) in [7, 11) is 0. The van der Waals surface area contributed by atoms with Gasteiger partial charge in [0.2, 0.25) is 0 Å². The number of pyridine rings is 1. The van der Waals surface area contributed by atoms with E-state index in [0.717, 1.165) is 16.9 Å². The molecule has 0 aliphatic rings. The molecule has 22 heavy (non-hydrogen) atoms. The lowest BCUT2D eigenvalue weighted by Gasteiger charge is -2.25. The molecule has 0 radical (unpaired) electrons. The molecule has 3 aromatic rings. The molecule has 0 saturated carbocycles. The van der Waals surface area contributed by atoms with E-state index in [4.69, 9.17) is 0 Å². The summed E-state index contributed by atoms with van der Waals surface area (Å²) in [6, 6.07) is 25.0. The van der Waals surface area contributed by atoms with Crippen molar-refractivity contribution < 1.29 is 5.11 Å². The minimum Gasteiger partial charge on any atom is -0.386 e. The Kier molecular flexibility index (Phi) is 4.47. The highest BCUT2D eigenvalue weighted by Gasteiger charge is 2.22. The van der Waals surface area contributed by atoms with E-state index < -0.39 is 6.10 Å². The van der Waals surface area contributed by atoms with Gasteiger partial charge in [-0.2, -0.15) is 0 Å². The van der Waals surface area contributed by atoms with Crippen molar-refractivity contribution in [2.24, 2.45) is 0 Å². The van der Waals surface area contributed by atoms with Crippen LogP contribution in [0.15, 0.2) is 85.1 Å². The molecule has 3 heteroatoms. The van der Waals surface area contributed by atoms with Gasteiger partial charge in [-0.25, -0.2) is 4.98 Å². The van der Waals surface area contributed by atoms with Crippen LogP contribution in [0.5, 0.6) is 0 Å². The van der Waals surface area contributed by atoms with E-state index in [0.29, 0.717) is 0 Å². The first-order valence-electron chi connectivity index (χ1n) is 7.30. The maximum absolute atomic E-state index is 10.8. The molecule has 1 aromatic heterocycles.